The van der Waals surface area contributed by atoms with E-state index in [1.54, 1.807) is 13.8 Å². The number of alkyl halides is 1. The largest absolute Gasteiger partial charge is 0.501 e. The van der Waals surface area contributed by atoms with Crippen LogP contribution < -0.4 is 4.72 Å². The monoisotopic (exact) mass is 522 g/mol. The van der Waals surface area contributed by atoms with Crippen LogP contribution in [0.15, 0.2) is 27.7 Å². The number of allylic oxidation sites excluding steroid dienone is 2. The van der Waals surface area contributed by atoms with Gasteiger partial charge < -0.3 is 4.52 Å². The molecule has 3 amide bonds. The minimum Gasteiger partial charge on any atom is -0.340 e. The average molecular weight is 523 g/mol. The first-order valence-electron chi connectivity index (χ1n) is 10.7. The van der Waals surface area contributed by atoms with Crippen molar-refractivity contribution in [2.24, 2.45) is 5.92 Å². The first-order chi connectivity index (χ1) is 16.6. The summed E-state index contributed by atoms with van der Waals surface area (Å²) in [7, 11) is -4.09. The summed E-state index contributed by atoms with van der Waals surface area (Å²) in [6, 6.07) is -0.631. The van der Waals surface area contributed by atoms with Crippen LogP contribution in [0.5, 0.6) is 0 Å². The van der Waals surface area contributed by atoms with Gasteiger partial charge in [-0.2, -0.15) is 19.3 Å². The molecule has 0 aromatic carbocycles. The van der Waals surface area contributed by atoms with E-state index in [2.05, 4.69) is 25.1 Å². The van der Waals surface area contributed by atoms with Gasteiger partial charge in [0.15, 0.2) is 18.1 Å². The maximum atomic E-state index is 13.4. The highest BCUT2D eigenvalue weighted by Crippen LogP contribution is 2.38. The fourth-order valence-electron chi connectivity index (χ4n) is 3.88. The molecule has 1 atom stereocenters. The molecule has 0 bridgehead atoms. The number of aryl methyl sites for hydroxylation is 2. The van der Waals surface area contributed by atoms with Gasteiger partial charge in [0.05, 0.1) is 10.4 Å². The second kappa shape index (κ2) is 8.49. The fraction of sp³-hybridized carbons (Fsp3) is 0.450. The number of amides is 3. The second-order valence-corrected chi connectivity index (χ2v) is 11.5. The van der Waals surface area contributed by atoms with Crippen LogP contribution in [0.2, 0.25) is 0 Å². The van der Waals surface area contributed by atoms with Crippen molar-refractivity contribution in [3.05, 3.63) is 44.9 Å². The molecule has 0 saturated heterocycles. The number of aromatic nitrogens is 4. The summed E-state index contributed by atoms with van der Waals surface area (Å²) < 4.78 is 47.9. The normalized spacial score (nSPS) is 21.4. The number of sulfonamides is 1. The van der Waals surface area contributed by atoms with Gasteiger partial charge >= 0.3 is 11.9 Å². The zero-order chi connectivity index (χ0) is 25.0. The quantitative estimate of drug-likeness (QED) is 0.503. The number of carbonyl (C=O) groups excluding carboxylic acids is 2. The van der Waals surface area contributed by atoms with Gasteiger partial charge in [0, 0.05) is 6.92 Å². The van der Waals surface area contributed by atoms with E-state index in [1.165, 1.54) is 34.1 Å². The van der Waals surface area contributed by atoms with Crippen LogP contribution in [0.4, 0.5) is 9.18 Å². The van der Waals surface area contributed by atoms with Gasteiger partial charge in [0.25, 0.3) is 0 Å². The van der Waals surface area contributed by atoms with Crippen molar-refractivity contribution >= 4 is 39.0 Å². The lowest BCUT2D eigenvalue weighted by Crippen LogP contribution is -2.54. The first kappa shape index (κ1) is 23.6. The molecule has 1 saturated carbocycles. The molecule has 15 heteroatoms. The second-order valence-electron chi connectivity index (χ2n) is 8.56. The van der Waals surface area contributed by atoms with Crippen molar-refractivity contribution in [2.45, 2.75) is 45.3 Å². The third-order valence-electron chi connectivity index (χ3n) is 5.87. The Hall–Kier alpha value is -3.17. The highest BCUT2D eigenvalue weighted by Gasteiger charge is 2.50. The predicted molar refractivity (Wildman–Crippen MR) is 119 cm³/mol. The van der Waals surface area contributed by atoms with Crippen LogP contribution in [0, 0.1) is 19.8 Å². The minimum absolute atomic E-state index is 0.0928. The van der Waals surface area contributed by atoms with Crippen LogP contribution in [0.1, 0.15) is 34.6 Å². The molecular weight excluding hydrogens is 501 g/mol. The number of nitrogens with one attached hydrogen (secondary N) is 1. The zero-order valence-corrected chi connectivity index (χ0v) is 20.4. The van der Waals surface area contributed by atoms with Crippen molar-refractivity contribution in [1.29, 1.82) is 0 Å². The third kappa shape index (κ3) is 4.46. The highest BCUT2D eigenvalue weighted by molar-refractivity contribution is 7.93. The number of halogens is 1. The van der Waals surface area contributed by atoms with Crippen LogP contribution in [0.25, 0.3) is 0 Å². The summed E-state index contributed by atoms with van der Waals surface area (Å²) in [4.78, 5) is 31.8. The summed E-state index contributed by atoms with van der Waals surface area (Å²) in [5.41, 5.74) is -0.813. The standard InChI is InChI=1S/C20H21FN7O5S2/c1-11-22-16(25-33-11)8-27-15-4-3-13(35(31,32)26-20(10-21)5-6-20)7-14(15)18(29)28(19(27)30)9-17-24-23-12(2)34-17/h3-4,7,14,26H,5-6,8-10H2,1-2H3/q+1. The van der Waals surface area contributed by atoms with E-state index < -0.39 is 40.1 Å². The van der Waals surface area contributed by atoms with Gasteiger partial charge in [-0.3, -0.25) is 0 Å². The molecule has 1 aliphatic heterocycles. The van der Waals surface area contributed by atoms with Crippen molar-refractivity contribution in [2.75, 3.05) is 6.67 Å². The summed E-state index contributed by atoms with van der Waals surface area (Å²) in [5.74, 6) is -1.16. The minimum atomic E-state index is -4.09. The Labute approximate surface area is 203 Å². The molecule has 184 valence electrons. The summed E-state index contributed by atoms with van der Waals surface area (Å²) in [6.07, 6.45) is 4.78. The van der Waals surface area contributed by atoms with E-state index in [1.807, 2.05) is 0 Å². The number of fused-ring (bicyclic) bond motifs is 1. The Morgan fingerprint density at radius 3 is 2.66 bits per heavy atom. The maximum Gasteiger partial charge on any atom is 0.501 e. The Kier molecular flexibility index (Phi) is 5.72. The molecule has 12 nitrogen and oxygen atoms in total. The van der Waals surface area contributed by atoms with Gasteiger partial charge in [0.2, 0.25) is 21.7 Å². The van der Waals surface area contributed by atoms with E-state index in [-0.39, 0.29) is 29.5 Å². The Morgan fingerprint density at radius 1 is 1.29 bits per heavy atom. The molecule has 0 radical (unpaired) electrons. The molecule has 2 aromatic heterocycles. The molecule has 1 unspecified atom stereocenters. The molecule has 2 aliphatic carbocycles. The molecule has 2 aromatic rings. The fourth-order valence-corrected chi connectivity index (χ4v) is 6.08. The van der Waals surface area contributed by atoms with Crippen molar-refractivity contribution in [1.82, 2.24) is 30.0 Å². The number of imide groups is 1. The van der Waals surface area contributed by atoms with Crippen LogP contribution in [-0.2, 0) is 27.9 Å². The highest BCUT2D eigenvalue weighted by atomic mass is 32.2. The number of hydrogen-bond donors (Lipinski definition) is 1. The summed E-state index contributed by atoms with van der Waals surface area (Å²) in [5, 5.41) is 12.9. The number of rotatable bonds is 8. The number of hydrogen-bond acceptors (Lipinski definition) is 10. The van der Waals surface area contributed by atoms with E-state index in [0.29, 0.717) is 28.7 Å². The zero-order valence-electron chi connectivity index (χ0n) is 18.8. The van der Waals surface area contributed by atoms with Crippen LogP contribution in [0.3, 0.4) is 0 Å². The first-order valence-corrected chi connectivity index (χ1v) is 13.0. The van der Waals surface area contributed by atoms with Crippen LogP contribution in [-0.4, -0.2) is 68.1 Å². The third-order valence-corrected chi connectivity index (χ3v) is 8.29. The van der Waals surface area contributed by atoms with Crippen molar-refractivity contribution in [3.63, 3.8) is 0 Å². The smallest absolute Gasteiger partial charge is 0.340 e. The van der Waals surface area contributed by atoms with Crippen molar-refractivity contribution < 1.29 is 31.5 Å². The Morgan fingerprint density at radius 2 is 2.06 bits per heavy atom. The summed E-state index contributed by atoms with van der Waals surface area (Å²) in [6.45, 7) is 2.32. The molecule has 1 N–H and O–H groups in total. The molecule has 5 rings (SSSR count). The van der Waals surface area contributed by atoms with E-state index in [4.69, 9.17) is 4.52 Å². The van der Waals surface area contributed by atoms with E-state index in [0.717, 1.165) is 4.90 Å². The molecule has 0 spiro atoms. The topological polar surface area (TPSA) is 151 Å². The lowest BCUT2D eigenvalue weighted by Gasteiger charge is -2.27. The van der Waals surface area contributed by atoms with Gasteiger partial charge in [-0.1, -0.05) is 16.5 Å². The van der Waals surface area contributed by atoms with E-state index in [9.17, 15) is 22.4 Å². The van der Waals surface area contributed by atoms with Crippen LogP contribution >= 0.6 is 11.3 Å². The predicted octanol–water partition coefficient (Wildman–Crippen LogP) is 1.15. The SMILES string of the molecule is Cc1nc(C[N+]2=C3C=CC(S(=O)(=O)NC4(CF)CC4)=CC3C(=O)N(Cc3nnc(C)s3)C2=O)no1. The molecule has 3 heterocycles. The lowest BCUT2D eigenvalue weighted by molar-refractivity contribution is -0.458. The molecule has 1 fully saturated rings. The Bertz CT molecular complexity index is 1420. The van der Waals surface area contributed by atoms with Crippen molar-refractivity contribution in [3.8, 4) is 0 Å². The lowest BCUT2D eigenvalue weighted by atomic mass is 9.94. The molecular formula is C20H21FN7O5S2+. The molecule has 35 heavy (non-hydrogen) atoms. The number of carbonyl (C=O) groups is 2. The Balaban J connectivity index is 1.53. The van der Waals surface area contributed by atoms with E-state index >= 15 is 0 Å². The van der Waals surface area contributed by atoms with Gasteiger partial charge in [-0.05, 0) is 38.0 Å². The summed E-state index contributed by atoms with van der Waals surface area (Å²) >= 11 is 1.24. The van der Waals surface area contributed by atoms with Gasteiger partial charge in [-0.15, -0.1) is 10.2 Å². The van der Waals surface area contributed by atoms with Gasteiger partial charge in [-0.25, -0.2) is 22.3 Å². The average Bonchev–Trinajstić information content (AvgIpc) is 3.26. The molecule has 3 aliphatic rings. The maximum absolute atomic E-state index is 13.4. The van der Waals surface area contributed by atoms with Gasteiger partial charge in [0.1, 0.15) is 23.3 Å². The number of nitrogens with zero attached hydrogens (tertiary/aromatic N) is 6. The number of urea groups is 1.